The largest absolute Gasteiger partial charge is 0.494 e. The topological polar surface area (TPSA) is 58.6 Å². The second kappa shape index (κ2) is 8.68. The highest BCUT2D eigenvalue weighted by Gasteiger charge is 2.41. The lowest BCUT2D eigenvalue weighted by Gasteiger charge is -2.29. The summed E-state index contributed by atoms with van der Waals surface area (Å²) in [5, 5.41) is 3.21. The Morgan fingerprint density at radius 3 is 2.59 bits per heavy atom. The first-order chi connectivity index (χ1) is 14.2. The molecule has 152 valence electrons. The summed E-state index contributed by atoms with van der Waals surface area (Å²) in [5.41, 5.74) is 2.32. The van der Waals surface area contributed by atoms with Gasteiger partial charge in [-0.2, -0.15) is 0 Å². The Balaban J connectivity index is 1.62. The van der Waals surface area contributed by atoms with E-state index in [9.17, 15) is 9.59 Å². The first-order valence-electron chi connectivity index (χ1n) is 10.6. The average Bonchev–Trinajstić information content (AvgIpc) is 3.02. The van der Waals surface area contributed by atoms with Crippen LogP contribution in [-0.4, -0.2) is 29.4 Å². The first-order valence-corrected chi connectivity index (χ1v) is 10.6. The summed E-state index contributed by atoms with van der Waals surface area (Å²) in [6, 6.07) is 14.8. The van der Waals surface area contributed by atoms with Gasteiger partial charge in [-0.3, -0.25) is 9.59 Å². The standard InChI is InChI=1S/C24H28N2O3/c1-2-29-21-15-9-6-10-17(21)16-26-22(19-13-7-8-14-20(19)24(26)28)23(27)25-18-11-4-3-5-12-18/h6-10,13-15,18,22H,2-5,11-12,16H2,1H3,(H,25,27). The van der Waals surface area contributed by atoms with Crippen LogP contribution in [0.5, 0.6) is 5.75 Å². The van der Waals surface area contributed by atoms with Gasteiger partial charge < -0.3 is 15.0 Å². The number of amides is 2. The van der Waals surface area contributed by atoms with Gasteiger partial charge in [0, 0.05) is 17.2 Å². The van der Waals surface area contributed by atoms with Crippen molar-refractivity contribution in [3.8, 4) is 5.75 Å². The van der Waals surface area contributed by atoms with Gasteiger partial charge in [0.25, 0.3) is 5.91 Å². The molecule has 5 nitrogen and oxygen atoms in total. The Bertz CT molecular complexity index is 889. The number of hydrogen-bond acceptors (Lipinski definition) is 3. The molecule has 0 saturated heterocycles. The fourth-order valence-electron chi connectivity index (χ4n) is 4.46. The van der Waals surface area contributed by atoms with E-state index in [4.69, 9.17) is 4.74 Å². The molecule has 1 unspecified atom stereocenters. The zero-order chi connectivity index (χ0) is 20.2. The molecule has 29 heavy (non-hydrogen) atoms. The molecule has 0 radical (unpaired) electrons. The molecule has 2 aromatic rings. The molecule has 2 amide bonds. The summed E-state index contributed by atoms with van der Waals surface area (Å²) >= 11 is 0. The van der Waals surface area contributed by atoms with Crippen LogP contribution in [0, 0.1) is 0 Å². The van der Waals surface area contributed by atoms with Crippen molar-refractivity contribution in [3.63, 3.8) is 0 Å². The zero-order valence-electron chi connectivity index (χ0n) is 16.9. The summed E-state index contributed by atoms with van der Waals surface area (Å²) in [5.74, 6) is 0.574. The lowest BCUT2D eigenvalue weighted by Crippen LogP contribution is -2.43. The van der Waals surface area contributed by atoms with Crippen LogP contribution >= 0.6 is 0 Å². The van der Waals surface area contributed by atoms with Crippen molar-refractivity contribution in [3.05, 3.63) is 65.2 Å². The third-order valence-electron chi connectivity index (χ3n) is 5.87. The minimum Gasteiger partial charge on any atom is -0.494 e. The van der Waals surface area contributed by atoms with Gasteiger partial charge in [0.1, 0.15) is 11.8 Å². The van der Waals surface area contributed by atoms with E-state index >= 15 is 0 Å². The molecule has 1 fully saturated rings. The van der Waals surface area contributed by atoms with Crippen LogP contribution in [-0.2, 0) is 11.3 Å². The van der Waals surface area contributed by atoms with Gasteiger partial charge in [-0.1, -0.05) is 55.7 Å². The van der Waals surface area contributed by atoms with Gasteiger partial charge in [-0.25, -0.2) is 0 Å². The van der Waals surface area contributed by atoms with Gasteiger partial charge >= 0.3 is 0 Å². The maximum atomic E-state index is 13.3. The summed E-state index contributed by atoms with van der Waals surface area (Å²) in [7, 11) is 0. The lowest BCUT2D eigenvalue weighted by atomic mass is 9.95. The molecule has 1 saturated carbocycles. The van der Waals surface area contributed by atoms with E-state index in [1.54, 1.807) is 4.90 Å². The fraction of sp³-hybridized carbons (Fsp3) is 0.417. The Hall–Kier alpha value is -2.82. The number of carbonyl (C=O) groups excluding carboxylic acids is 2. The van der Waals surface area contributed by atoms with Crippen molar-refractivity contribution in [1.29, 1.82) is 0 Å². The quantitative estimate of drug-likeness (QED) is 0.800. The number of carbonyl (C=O) groups is 2. The van der Waals surface area contributed by atoms with Crippen LogP contribution in [0.15, 0.2) is 48.5 Å². The molecule has 1 atom stereocenters. The highest BCUT2D eigenvalue weighted by atomic mass is 16.5. The first kappa shape index (κ1) is 19.5. The normalized spacial score (nSPS) is 19.1. The van der Waals surface area contributed by atoms with Crippen LogP contribution in [0.4, 0.5) is 0 Å². The zero-order valence-corrected chi connectivity index (χ0v) is 16.9. The van der Waals surface area contributed by atoms with Crippen molar-refractivity contribution >= 4 is 11.8 Å². The molecule has 1 N–H and O–H groups in total. The van der Waals surface area contributed by atoms with Crippen molar-refractivity contribution in [2.24, 2.45) is 0 Å². The third-order valence-corrected chi connectivity index (χ3v) is 5.87. The molecular weight excluding hydrogens is 364 g/mol. The van der Waals surface area contributed by atoms with E-state index in [2.05, 4.69) is 5.32 Å². The van der Waals surface area contributed by atoms with E-state index in [0.29, 0.717) is 18.7 Å². The van der Waals surface area contributed by atoms with E-state index in [1.807, 2.05) is 55.5 Å². The Kier molecular flexibility index (Phi) is 5.84. The summed E-state index contributed by atoms with van der Waals surface area (Å²) in [6.45, 7) is 2.83. The molecule has 2 aliphatic rings. The minimum atomic E-state index is -0.602. The Labute approximate surface area is 172 Å². The van der Waals surface area contributed by atoms with Gasteiger partial charge in [0.05, 0.1) is 13.2 Å². The van der Waals surface area contributed by atoms with Crippen LogP contribution < -0.4 is 10.1 Å². The maximum Gasteiger partial charge on any atom is 0.255 e. The fourth-order valence-corrected chi connectivity index (χ4v) is 4.46. The number of nitrogens with one attached hydrogen (secondary N) is 1. The summed E-state index contributed by atoms with van der Waals surface area (Å²) in [6.07, 6.45) is 5.56. The van der Waals surface area contributed by atoms with Crippen molar-refractivity contribution in [1.82, 2.24) is 10.2 Å². The van der Waals surface area contributed by atoms with Crippen molar-refractivity contribution < 1.29 is 14.3 Å². The van der Waals surface area contributed by atoms with Crippen LogP contribution in [0.25, 0.3) is 0 Å². The molecule has 1 aliphatic carbocycles. The van der Waals surface area contributed by atoms with E-state index in [1.165, 1.54) is 6.42 Å². The smallest absolute Gasteiger partial charge is 0.255 e. The van der Waals surface area contributed by atoms with Gasteiger partial charge in [-0.05, 0) is 37.5 Å². The second-order valence-electron chi connectivity index (χ2n) is 7.81. The van der Waals surface area contributed by atoms with Crippen LogP contribution in [0.3, 0.4) is 0 Å². The number of nitrogens with zero attached hydrogens (tertiary/aromatic N) is 1. The van der Waals surface area contributed by atoms with Crippen LogP contribution in [0.1, 0.15) is 66.6 Å². The Morgan fingerprint density at radius 2 is 1.79 bits per heavy atom. The number of benzene rings is 2. The average molecular weight is 392 g/mol. The molecule has 0 spiro atoms. The maximum absolute atomic E-state index is 13.3. The number of para-hydroxylation sites is 1. The second-order valence-corrected chi connectivity index (χ2v) is 7.81. The minimum absolute atomic E-state index is 0.0795. The SMILES string of the molecule is CCOc1ccccc1CN1C(=O)c2ccccc2C1C(=O)NC1CCCCC1. The Morgan fingerprint density at radius 1 is 1.07 bits per heavy atom. The van der Waals surface area contributed by atoms with Gasteiger partial charge in [0.2, 0.25) is 5.91 Å². The number of ether oxygens (including phenoxy) is 1. The van der Waals surface area contributed by atoms with Gasteiger partial charge in [-0.15, -0.1) is 0 Å². The van der Waals surface area contributed by atoms with Gasteiger partial charge in [0.15, 0.2) is 0 Å². The monoisotopic (exact) mass is 392 g/mol. The van der Waals surface area contributed by atoms with Crippen molar-refractivity contribution in [2.75, 3.05) is 6.61 Å². The molecule has 0 aromatic heterocycles. The van der Waals surface area contributed by atoms with E-state index < -0.39 is 6.04 Å². The summed E-state index contributed by atoms with van der Waals surface area (Å²) in [4.78, 5) is 28.2. The third kappa shape index (κ3) is 4.00. The highest BCUT2D eigenvalue weighted by Crippen LogP contribution is 2.36. The number of fused-ring (bicyclic) bond motifs is 1. The van der Waals surface area contributed by atoms with Crippen LogP contribution in [0.2, 0.25) is 0 Å². The molecule has 1 aliphatic heterocycles. The van der Waals surface area contributed by atoms with Crippen molar-refractivity contribution in [2.45, 2.75) is 57.7 Å². The lowest BCUT2D eigenvalue weighted by molar-refractivity contribution is -0.126. The molecule has 2 aromatic carbocycles. The summed E-state index contributed by atoms with van der Waals surface area (Å²) < 4.78 is 5.74. The molecular formula is C24H28N2O3. The number of hydrogen-bond donors (Lipinski definition) is 1. The highest BCUT2D eigenvalue weighted by molar-refractivity contribution is 6.04. The molecule has 4 rings (SSSR count). The molecule has 0 bridgehead atoms. The van der Waals surface area contributed by atoms with E-state index in [-0.39, 0.29) is 17.9 Å². The molecule has 5 heteroatoms. The predicted molar refractivity (Wildman–Crippen MR) is 112 cm³/mol. The number of rotatable bonds is 6. The molecule has 1 heterocycles. The van der Waals surface area contributed by atoms with E-state index in [0.717, 1.165) is 42.6 Å². The predicted octanol–water partition coefficient (Wildman–Crippen LogP) is 4.23.